The number of aromatic nitrogens is 4. The first-order valence-electron chi connectivity index (χ1n) is 9.04. The van der Waals surface area contributed by atoms with Crippen LogP contribution < -0.4 is 5.32 Å². The quantitative estimate of drug-likeness (QED) is 0.517. The van der Waals surface area contributed by atoms with Gasteiger partial charge in [-0.25, -0.2) is 4.98 Å². The minimum Gasteiger partial charge on any atom is -0.361 e. The molecule has 144 valence electrons. The number of hydrogen-bond acceptors (Lipinski definition) is 6. The molecule has 4 rings (SSSR count). The Morgan fingerprint density at radius 1 is 1.25 bits per heavy atom. The summed E-state index contributed by atoms with van der Waals surface area (Å²) < 4.78 is 5.30. The predicted molar refractivity (Wildman–Crippen MR) is 109 cm³/mol. The number of carbonyl (C=O) groups is 1. The number of fused-ring (bicyclic) bond motifs is 1. The molecule has 0 unspecified atom stereocenters. The Labute approximate surface area is 166 Å². The second kappa shape index (κ2) is 7.20. The van der Waals surface area contributed by atoms with E-state index < -0.39 is 0 Å². The summed E-state index contributed by atoms with van der Waals surface area (Å²) in [4.78, 5) is 24.2. The Kier molecular flexibility index (Phi) is 4.72. The number of rotatable bonds is 5. The van der Waals surface area contributed by atoms with Crippen LogP contribution in [0.25, 0.3) is 22.3 Å². The summed E-state index contributed by atoms with van der Waals surface area (Å²) in [5, 5.41) is 10.6. The van der Waals surface area contributed by atoms with Crippen molar-refractivity contribution < 1.29 is 9.32 Å². The van der Waals surface area contributed by atoms with E-state index in [9.17, 15) is 4.79 Å². The van der Waals surface area contributed by atoms with E-state index in [0.29, 0.717) is 23.3 Å². The molecule has 0 atom stereocenters. The molecule has 1 amide bonds. The van der Waals surface area contributed by atoms with Crippen LogP contribution in [0.1, 0.15) is 38.8 Å². The molecule has 0 aliphatic carbocycles. The van der Waals surface area contributed by atoms with Gasteiger partial charge in [-0.05, 0) is 17.5 Å². The molecule has 1 aromatic carbocycles. The fourth-order valence-electron chi connectivity index (χ4n) is 2.74. The van der Waals surface area contributed by atoms with Crippen molar-refractivity contribution in [1.82, 2.24) is 20.1 Å². The molecular weight excluding hydrogens is 374 g/mol. The van der Waals surface area contributed by atoms with Crippen molar-refractivity contribution in [2.24, 2.45) is 0 Å². The zero-order chi connectivity index (χ0) is 19.7. The lowest BCUT2D eigenvalue weighted by Gasteiger charge is -2.14. The predicted octanol–water partition coefficient (Wildman–Crippen LogP) is 4.54. The lowest BCUT2D eigenvalue weighted by atomic mass is 9.93. The van der Waals surface area contributed by atoms with Crippen LogP contribution in [-0.4, -0.2) is 26.0 Å². The van der Waals surface area contributed by atoms with E-state index in [2.05, 4.69) is 46.2 Å². The van der Waals surface area contributed by atoms with E-state index in [0.717, 1.165) is 22.2 Å². The lowest BCUT2D eigenvalue weighted by Crippen LogP contribution is -2.14. The maximum absolute atomic E-state index is 12.2. The summed E-state index contributed by atoms with van der Waals surface area (Å²) in [6.45, 7) is 6.27. The minimum absolute atomic E-state index is 0.0389. The minimum atomic E-state index is -0.123. The smallest absolute Gasteiger partial charge is 0.227 e. The molecule has 0 aliphatic heterocycles. The van der Waals surface area contributed by atoms with Gasteiger partial charge in [-0.3, -0.25) is 4.79 Å². The number of nitrogens with one attached hydrogen (secondary N) is 2. The second-order valence-corrected chi connectivity index (χ2v) is 8.49. The zero-order valence-electron chi connectivity index (χ0n) is 15.9. The molecule has 0 fully saturated rings. The molecule has 0 aliphatic rings. The summed E-state index contributed by atoms with van der Waals surface area (Å²) in [6, 6.07) is 7.94. The van der Waals surface area contributed by atoms with Crippen LogP contribution in [0.3, 0.4) is 0 Å². The number of carbonyl (C=O) groups excluding carboxylic acids is 1. The maximum Gasteiger partial charge on any atom is 0.227 e. The van der Waals surface area contributed by atoms with Gasteiger partial charge in [0.2, 0.25) is 17.6 Å². The molecule has 0 radical (unpaired) electrons. The number of benzene rings is 1. The van der Waals surface area contributed by atoms with Gasteiger partial charge in [0.25, 0.3) is 0 Å². The summed E-state index contributed by atoms with van der Waals surface area (Å²) in [5.41, 5.74) is 2.81. The maximum atomic E-state index is 12.2. The molecule has 0 bridgehead atoms. The van der Waals surface area contributed by atoms with E-state index in [1.807, 2.05) is 35.8 Å². The first-order valence-corrected chi connectivity index (χ1v) is 9.92. The van der Waals surface area contributed by atoms with Crippen LogP contribution in [-0.2, 0) is 16.6 Å². The molecule has 0 saturated carbocycles. The highest BCUT2D eigenvalue weighted by Crippen LogP contribution is 2.26. The van der Waals surface area contributed by atoms with Crippen LogP contribution in [0, 0.1) is 0 Å². The van der Waals surface area contributed by atoms with E-state index in [1.54, 1.807) is 0 Å². The number of hydrogen-bond donors (Lipinski definition) is 2. The summed E-state index contributed by atoms with van der Waals surface area (Å²) in [6.07, 6.45) is 2.52. The Hall–Kier alpha value is -3.00. The monoisotopic (exact) mass is 395 g/mol. The molecule has 7 nitrogen and oxygen atoms in total. The number of amides is 1. The summed E-state index contributed by atoms with van der Waals surface area (Å²) in [7, 11) is 0. The van der Waals surface area contributed by atoms with E-state index in [4.69, 9.17) is 4.52 Å². The van der Waals surface area contributed by atoms with Crippen LogP contribution in [0.4, 0.5) is 5.13 Å². The first kappa shape index (κ1) is 18.4. The molecule has 0 saturated heterocycles. The number of anilines is 1. The first-order chi connectivity index (χ1) is 13.4. The van der Waals surface area contributed by atoms with Crippen molar-refractivity contribution in [1.29, 1.82) is 0 Å². The van der Waals surface area contributed by atoms with E-state index >= 15 is 0 Å². The number of aryl methyl sites for hydroxylation is 1. The highest BCUT2D eigenvalue weighted by molar-refractivity contribution is 7.13. The lowest BCUT2D eigenvalue weighted by molar-refractivity contribution is -0.116. The van der Waals surface area contributed by atoms with Gasteiger partial charge in [0.15, 0.2) is 5.13 Å². The second-order valence-electron chi connectivity index (χ2n) is 7.63. The van der Waals surface area contributed by atoms with Crippen LogP contribution >= 0.6 is 11.3 Å². The van der Waals surface area contributed by atoms with Gasteiger partial charge >= 0.3 is 0 Å². The van der Waals surface area contributed by atoms with Gasteiger partial charge in [0.05, 0.1) is 5.69 Å². The van der Waals surface area contributed by atoms with Gasteiger partial charge in [-0.15, -0.1) is 11.3 Å². The van der Waals surface area contributed by atoms with Gasteiger partial charge in [-0.1, -0.05) is 38.1 Å². The van der Waals surface area contributed by atoms with Crippen molar-refractivity contribution in [3.05, 3.63) is 47.4 Å². The number of nitrogens with zero attached hydrogens (tertiary/aromatic N) is 3. The molecule has 3 heterocycles. The zero-order valence-corrected chi connectivity index (χ0v) is 16.8. The Morgan fingerprint density at radius 2 is 2.11 bits per heavy atom. The van der Waals surface area contributed by atoms with E-state index in [-0.39, 0.29) is 17.7 Å². The standard InChI is InChI=1S/C20H21N5O2S/c1-20(2,3)15-11-28-19(22-15)23-16(26)6-7-17-24-18(25-27-17)13-5-4-12-8-9-21-14(12)10-13/h4-5,8-11,21H,6-7H2,1-3H3,(H,22,23,26). The van der Waals surface area contributed by atoms with Crippen LogP contribution in [0.5, 0.6) is 0 Å². The molecule has 8 heteroatoms. The highest BCUT2D eigenvalue weighted by atomic mass is 32.1. The molecule has 4 aromatic rings. The molecule has 0 spiro atoms. The Bertz CT molecular complexity index is 1120. The third kappa shape index (κ3) is 3.96. The average Bonchev–Trinajstić information content (AvgIpc) is 3.38. The van der Waals surface area contributed by atoms with Crippen molar-refractivity contribution in [2.75, 3.05) is 5.32 Å². The van der Waals surface area contributed by atoms with Gasteiger partial charge < -0.3 is 14.8 Å². The Balaban J connectivity index is 1.36. The molecule has 2 N–H and O–H groups in total. The van der Waals surface area contributed by atoms with Crippen molar-refractivity contribution in [3.63, 3.8) is 0 Å². The van der Waals surface area contributed by atoms with Gasteiger partial charge in [0, 0.05) is 40.9 Å². The van der Waals surface area contributed by atoms with Crippen molar-refractivity contribution in [3.8, 4) is 11.4 Å². The van der Waals surface area contributed by atoms with E-state index in [1.165, 1.54) is 11.3 Å². The largest absolute Gasteiger partial charge is 0.361 e. The third-order valence-corrected chi connectivity index (χ3v) is 5.12. The topological polar surface area (TPSA) is 96.7 Å². The average molecular weight is 395 g/mol. The Morgan fingerprint density at radius 3 is 2.89 bits per heavy atom. The summed E-state index contributed by atoms with van der Waals surface area (Å²) >= 11 is 1.43. The van der Waals surface area contributed by atoms with Crippen molar-refractivity contribution in [2.45, 2.75) is 39.0 Å². The van der Waals surface area contributed by atoms with Crippen LogP contribution in [0.15, 0.2) is 40.4 Å². The highest BCUT2D eigenvalue weighted by Gasteiger charge is 2.18. The number of H-pyrrole nitrogens is 1. The fraction of sp³-hybridized carbons (Fsp3) is 0.300. The fourth-order valence-corrected chi connectivity index (χ4v) is 3.69. The van der Waals surface area contributed by atoms with Gasteiger partial charge in [0.1, 0.15) is 0 Å². The normalized spacial score (nSPS) is 11.8. The van der Waals surface area contributed by atoms with Crippen molar-refractivity contribution >= 4 is 33.3 Å². The number of aromatic amines is 1. The number of thiazole rings is 1. The molecular formula is C20H21N5O2S. The third-order valence-electron chi connectivity index (χ3n) is 4.37. The SMILES string of the molecule is CC(C)(C)c1csc(NC(=O)CCc2nc(-c3ccc4cc[nH]c4c3)no2)n1. The van der Waals surface area contributed by atoms with Gasteiger partial charge in [-0.2, -0.15) is 4.98 Å². The van der Waals surface area contributed by atoms with Crippen LogP contribution in [0.2, 0.25) is 0 Å². The molecule has 28 heavy (non-hydrogen) atoms. The summed E-state index contributed by atoms with van der Waals surface area (Å²) in [5.74, 6) is 0.829. The molecule has 3 aromatic heterocycles.